The Bertz CT molecular complexity index is 809. The lowest BCUT2D eigenvalue weighted by Gasteiger charge is -2.27. The summed E-state index contributed by atoms with van der Waals surface area (Å²) in [4.78, 5) is 12.4. The van der Waals surface area contributed by atoms with Crippen LogP contribution < -0.4 is 5.73 Å². The predicted octanol–water partition coefficient (Wildman–Crippen LogP) is 3.34. The molecule has 0 aromatic heterocycles. The van der Waals surface area contributed by atoms with Crippen LogP contribution in [0.5, 0.6) is 5.75 Å². The molecule has 6 nitrogen and oxygen atoms in total. The SMILES string of the molecule is CCOC(=O)C1=C(C)OC(N)=C(C#N)C1c1cc(Cl)cc(Cl)c1O. The molecule has 0 radical (unpaired) electrons. The van der Waals surface area contributed by atoms with Gasteiger partial charge in [-0.15, -0.1) is 0 Å². The van der Waals surface area contributed by atoms with Crippen LogP contribution in [0.1, 0.15) is 25.3 Å². The lowest BCUT2D eigenvalue weighted by atomic mass is 9.82. The zero-order chi connectivity index (χ0) is 18.0. The number of hydrogen-bond acceptors (Lipinski definition) is 6. The van der Waals surface area contributed by atoms with Gasteiger partial charge in [0.25, 0.3) is 0 Å². The molecule has 1 heterocycles. The summed E-state index contributed by atoms with van der Waals surface area (Å²) in [6, 6.07) is 4.67. The van der Waals surface area contributed by atoms with Gasteiger partial charge in [-0.1, -0.05) is 23.2 Å². The van der Waals surface area contributed by atoms with E-state index >= 15 is 0 Å². The van der Waals surface area contributed by atoms with E-state index in [0.29, 0.717) is 0 Å². The summed E-state index contributed by atoms with van der Waals surface area (Å²) in [6.45, 7) is 3.30. The van der Waals surface area contributed by atoms with Gasteiger partial charge in [0.1, 0.15) is 23.2 Å². The summed E-state index contributed by atoms with van der Waals surface area (Å²) in [5, 5.41) is 20.0. The van der Waals surface area contributed by atoms with E-state index < -0.39 is 11.9 Å². The largest absolute Gasteiger partial charge is 0.506 e. The average molecular weight is 369 g/mol. The van der Waals surface area contributed by atoms with Gasteiger partial charge in [-0.25, -0.2) is 4.79 Å². The fourth-order valence-electron chi connectivity index (χ4n) is 2.47. The molecule has 1 aromatic rings. The lowest BCUT2D eigenvalue weighted by Crippen LogP contribution is -2.25. The molecule has 126 valence electrons. The number of nitrogens with zero attached hydrogens (tertiary/aromatic N) is 1. The number of benzene rings is 1. The molecule has 1 aliphatic rings. The number of esters is 1. The fourth-order valence-corrected chi connectivity index (χ4v) is 2.98. The van der Waals surface area contributed by atoms with Crippen LogP contribution in [0, 0.1) is 11.3 Å². The molecule has 3 N–H and O–H groups in total. The Kier molecular flexibility index (Phi) is 5.27. The molecule has 0 spiro atoms. The minimum absolute atomic E-state index is 0.0132. The number of carbonyl (C=O) groups excluding carboxylic acids is 1. The van der Waals surface area contributed by atoms with Gasteiger partial charge < -0.3 is 20.3 Å². The van der Waals surface area contributed by atoms with Gasteiger partial charge >= 0.3 is 5.97 Å². The smallest absolute Gasteiger partial charge is 0.338 e. The third kappa shape index (κ3) is 3.14. The number of halogens is 2. The van der Waals surface area contributed by atoms with E-state index in [-0.39, 0.29) is 50.8 Å². The number of allylic oxidation sites excluding steroid dienone is 2. The third-order valence-electron chi connectivity index (χ3n) is 3.47. The first-order valence-electron chi connectivity index (χ1n) is 6.95. The van der Waals surface area contributed by atoms with Crippen molar-refractivity contribution in [3.8, 4) is 11.8 Å². The Morgan fingerprint density at radius 2 is 2.17 bits per heavy atom. The molecule has 0 fully saturated rings. The van der Waals surface area contributed by atoms with Gasteiger partial charge in [0.2, 0.25) is 5.88 Å². The molecule has 0 amide bonds. The van der Waals surface area contributed by atoms with Crippen molar-refractivity contribution < 1.29 is 19.4 Å². The minimum Gasteiger partial charge on any atom is -0.506 e. The van der Waals surface area contributed by atoms with Crippen molar-refractivity contribution in [1.29, 1.82) is 5.26 Å². The van der Waals surface area contributed by atoms with Crippen molar-refractivity contribution in [1.82, 2.24) is 0 Å². The van der Waals surface area contributed by atoms with Crippen LogP contribution in [0.25, 0.3) is 0 Å². The van der Waals surface area contributed by atoms with Crippen LogP contribution in [-0.2, 0) is 14.3 Å². The molecular formula is C16H14Cl2N2O4. The standard InChI is InChI=1S/C16H14Cl2N2O4/c1-3-23-16(22)12-7(2)24-15(20)10(6-19)13(12)9-4-8(17)5-11(18)14(9)21/h4-5,13,21H,3,20H2,1-2H3. The molecule has 0 bridgehead atoms. The van der Waals surface area contributed by atoms with Crippen molar-refractivity contribution in [3.63, 3.8) is 0 Å². The maximum absolute atomic E-state index is 12.4. The summed E-state index contributed by atoms with van der Waals surface area (Å²) in [5.74, 6) is -1.98. The van der Waals surface area contributed by atoms with Crippen molar-refractivity contribution in [2.24, 2.45) is 5.73 Å². The van der Waals surface area contributed by atoms with Gasteiger partial charge in [-0.3, -0.25) is 0 Å². The molecule has 1 unspecified atom stereocenters. The molecule has 0 saturated carbocycles. The number of carbonyl (C=O) groups is 1. The Labute approximate surface area is 148 Å². The zero-order valence-electron chi connectivity index (χ0n) is 12.9. The quantitative estimate of drug-likeness (QED) is 0.792. The highest BCUT2D eigenvalue weighted by Crippen LogP contribution is 2.45. The van der Waals surface area contributed by atoms with Crippen LogP contribution in [0.3, 0.4) is 0 Å². The predicted molar refractivity (Wildman–Crippen MR) is 88.1 cm³/mol. The van der Waals surface area contributed by atoms with Crippen molar-refractivity contribution in [2.45, 2.75) is 19.8 Å². The van der Waals surface area contributed by atoms with E-state index in [2.05, 4.69) is 0 Å². The van der Waals surface area contributed by atoms with E-state index in [9.17, 15) is 15.2 Å². The van der Waals surface area contributed by atoms with Gasteiger partial charge in [-0.2, -0.15) is 5.26 Å². The first-order valence-corrected chi connectivity index (χ1v) is 7.70. The number of aromatic hydroxyl groups is 1. The van der Waals surface area contributed by atoms with Gasteiger partial charge in [0, 0.05) is 10.6 Å². The van der Waals surface area contributed by atoms with E-state index in [4.69, 9.17) is 38.4 Å². The zero-order valence-corrected chi connectivity index (χ0v) is 14.4. The van der Waals surface area contributed by atoms with Gasteiger partial charge in [0.15, 0.2) is 0 Å². The number of rotatable bonds is 3. The van der Waals surface area contributed by atoms with Crippen molar-refractivity contribution in [3.05, 3.63) is 50.5 Å². The second-order valence-corrected chi connectivity index (χ2v) is 5.78. The highest BCUT2D eigenvalue weighted by atomic mass is 35.5. The first-order chi connectivity index (χ1) is 11.3. The molecule has 1 aromatic carbocycles. The van der Waals surface area contributed by atoms with Gasteiger partial charge in [-0.05, 0) is 26.0 Å². The molecule has 1 aliphatic heterocycles. The number of phenolic OH excluding ortho intramolecular Hbond substituents is 1. The van der Waals surface area contributed by atoms with Crippen LogP contribution in [0.4, 0.5) is 0 Å². The normalized spacial score (nSPS) is 17.4. The average Bonchev–Trinajstić information content (AvgIpc) is 2.50. The van der Waals surface area contributed by atoms with E-state index in [1.54, 1.807) is 6.92 Å². The Morgan fingerprint density at radius 1 is 1.50 bits per heavy atom. The summed E-state index contributed by atoms with van der Waals surface area (Å²) in [7, 11) is 0. The minimum atomic E-state index is -1.00. The maximum Gasteiger partial charge on any atom is 0.338 e. The maximum atomic E-state index is 12.4. The molecular weight excluding hydrogens is 355 g/mol. The topological polar surface area (TPSA) is 106 Å². The molecule has 0 saturated heterocycles. The highest BCUT2D eigenvalue weighted by molar-refractivity contribution is 6.35. The fraction of sp³-hybridized carbons (Fsp3) is 0.250. The summed E-state index contributed by atoms with van der Waals surface area (Å²) >= 11 is 12.0. The second-order valence-electron chi connectivity index (χ2n) is 4.94. The first kappa shape index (κ1) is 18.0. The molecule has 1 atom stereocenters. The number of phenols is 1. The highest BCUT2D eigenvalue weighted by Gasteiger charge is 2.38. The Morgan fingerprint density at radius 3 is 2.75 bits per heavy atom. The molecule has 8 heteroatoms. The van der Waals surface area contributed by atoms with Crippen molar-refractivity contribution in [2.75, 3.05) is 6.61 Å². The summed E-state index contributed by atoms with van der Waals surface area (Å²) in [6.07, 6.45) is 0. The van der Waals surface area contributed by atoms with Crippen LogP contribution in [0.2, 0.25) is 10.0 Å². The van der Waals surface area contributed by atoms with E-state index in [1.807, 2.05) is 6.07 Å². The van der Waals surface area contributed by atoms with E-state index in [1.165, 1.54) is 19.1 Å². The van der Waals surface area contributed by atoms with Gasteiger partial charge in [0.05, 0.1) is 23.1 Å². The summed E-state index contributed by atoms with van der Waals surface area (Å²) in [5.41, 5.74) is 5.94. The van der Waals surface area contributed by atoms with Crippen LogP contribution in [0.15, 0.2) is 34.9 Å². The Hall–Kier alpha value is -2.36. The van der Waals surface area contributed by atoms with Crippen molar-refractivity contribution >= 4 is 29.2 Å². The summed E-state index contributed by atoms with van der Waals surface area (Å²) < 4.78 is 10.3. The van der Waals surface area contributed by atoms with Crippen LogP contribution in [-0.4, -0.2) is 17.7 Å². The van der Waals surface area contributed by atoms with E-state index in [0.717, 1.165) is 0 Å². The Balaban J connectivity index is 2.75. The number of ether oxygens (including phenoxy) is 2. The lowest BCUT2D eigenvalue weighted by molar-refractivity contribution is -0.139. The molecule has 2 rings (SSSR count). The van der Waals surface area contributed by atoms with Crippen LogP contribution >= 0.6 is 23.2 Å². The molecule has 0 aliphatic carbocycles. The number of nitriles is 1. The molecule has 24 heavy (non-hydrogen) atoms. The third-order valence-corrected chi connectivity index (χ3v) is 3.98. The number of hydrogen-bond donors (Lipinski definition) is 2. The monoisotopic (exact) mass is 368 g/mol. The number of nitrogens with two attached hydrogens (primary N) is 1. The second kappa shape index (κ2) is 7.04.